The zero-order valence-corrected chi connectivity index (χ0v) is 9.60. The highest BCUT2D eigenvalue weighted by Crippen LogP contribution is 2.26. The van der Waals surface area contributed by atoms with Gasteiger partial charge in [-0.3, -0.25) is 0 Å². The highest BCUT2D eigenvalue weighted by atomic mass is 16.4. The van der Waals surface area contributed by atoms with E-state index < -0.39 is 12.1 Å². The third-order valence-electron chi connectivity index (χ3n) is 3.30. The van der Waals surface area contributed by atoms with E-state index in [0.29, 0.717) is 11.5 Å². The van der Waals surface area contributed by atoms with Gasteiger partial charge in [0.1, 0.15) is 0 Å². The molecule has 1 saturated heterocycles. The number of carbonyl (C=O) groups is 1. The van der Waals surface area contributed by atoms with E-state index in [2.05, 4.69) is 5.32 Å². The van der Waals surface area contributed by atoms with Crippen LogP contribution in [0.25, 0.3) is 0 Å². The van der Waals surface area contributed by atoms with Gasteiger partial charge < -0.3 is 15.5 Å². The Kier molecular flexibility index (Phi) is 3.76. The van der Waals surface area contributed by atoms with Gasteiger partial charge in [0.05, 0.1) is 0 Å². The minimum Gasteiger partial charge on any atom is -0.479 e. The van der Waals surface area contributed by atoms with Crippen LogP contribution in [-0.2, 0) is 4.79 Å². The first-order valence-electron chi connectivity index (χ1n) is 5.90. The molecule has 0 spiro atoms. The number of rotatable bonds is 3. The van der Waals surface area contributed by atoms with Gasteiger partial charge in [0, 0.05) is 0 Å². The Morgan fingerprint density at radius 2 is 1.82 bits per heavy atom. The van der Waals surface area contributed by atoms with Gasteiger partial charge in [0.2, 0.25) is 0 Å². The summed E-state index contributed by atoms with van der Waals surface area (Å²) in [5.41, 5.74) is 1.67. The molecule has 1 unspecified atom stereocenters. The Hall–Kier alpha value is -1.39. The molecule has 4 heteroatoms. The van der Waals surface area contributed by atoms with Crippen LogP contribution in [0.1, 0.15) is 36.0 Å². The van der Waals surface area contributed by atoms with E-state index in [9.17, 15) is 9.90 Å². The molecule has 2 rings (SSSR count). The number of carboxylic acid groups (broad SMARTS) is 1. The molecule has 0 saturated carbocycles. The fraction of sp³-hybridized carbons (Fsp3) is 0.462. The smallest absolute Gasteiger partial charge is 0.337 e. The summed E-state index contributed by atoms with van der Waals surface area (Å²) in [6.07, 6.45) is 0.804. The Balaban J connectivity index is 2.09. The SMILES string of the molecule is O=C(O)C(O)c1ccc(C2CCNCC2)cc1. The Morgan fingerprint density at radius 1 is 1.24 bits per heavy atom. The average molecular weight is 235 g/mol. The molecule has 1 atom stereocenters. The van der Waals surface area contributed by atoms with Crippen LogP contribution < -0.4 is 5.32 Å². The van der Waals surface area contributed by atoms with Gasteiger partial charge >= 0.3 is 5.97 Å². The maximum Gasteiger partial charge on any atom is 0.337 e. The highest BCUT2D eigenvalue weighted by Gasteiger charge is 2.18. The normalized spacial score (nSPS) is 18.9. The second-order valence-corrected chi connectivity index (χ2v) is 4.43. The molecule has 3 N–H and O–H groups in total. The molecule has 1 aromatic carbocycles. The number of aliphatic carboxylic acids is 1. The van der Waals surface area contributed by atoms with E-state index in [1.165, 1.54) is 5.56 Å². The van der Waals surface area contributed by atoms with E-state index in [1.54, 1.807) is 12.1 Å². The second kappa shape index (κ2) is 5.29. The molecular formula is C13H17NO3. The molecule has 1 aliphatic heterocycles. The van der Waals surface area contributed by atoms with Gasteiger partial charge in [-0.15, -0.1) is 0 Å². The summed E-state index contributed by atoms with van der Waals surface area (Å²) in [6, 6.07) is 7.27. The fourth-order valence-corrected chi connectivity index (χ4v) is 2.25. The first-order chi connectivity index (χ1) is 8.18. The van der Waals surface area contributed by atoms with Crippen molar-refractivity contribution < 1.29 is 15.0 Å². The molecule has 1 aromatic rings. The summed E-state index contributed by atoms with van der Waals surface area (Å²) in [7, 11) is 0. The third kappa shape index (κ3) is 2.84. The Labute approximate surface area is 100 Å². The summed E-state index contributed by atoms with van der Waals surface area (Å²) >= 11 is 0. The summed E-state index contributed by atoms with van der Waals surface area (Å²) in [5, 5.41) is 21.4. The summed E-state index contributed by atoms with van der Waals surface area (Å²) < 4.78 is 0. The summed E-state index contributed by atoms with van der Waals surface area (Å²) in [5.74, 6) is -0.660. The number of aliphatic hydroxyl groups is 1. The van der Waals surface area contributed by atoms with Crippen molar-refractivity contribution in [1.82, 2.24) is 5.32 Å². The van der Waals surface area contributed by atoms with Crippen molar-refractivity contribution in [2.24, 2.45) is 0 Å². The maximum atomic E-state index is 10.6. The minimum absolute atomic E-state index is 0.440. The molecular weight excluding hydrogens is 218 g/mol. The highest BCUT2D eigenvalue weighted by molar-refractivity contribution is 5.73. The number of benzene rings is 1. The number of aliphatic hydroxyl groups excluding tert-OH is 1. The lowest BCUT2D eigenvalue weighted by atomic mass is 9.89. The molecule has 1 heterocycles. The predicted octanol–water partition coefficient (Wildman–Crippen LogP) is 1.27. The van der Waals surface area contributed by atoms with Crippen molar-refractivity contribution in [3.8, 4) is 0 Å². The van der Waals surface area contributed by atoms with Crippen LogP contribution in [0.5, 0.6) is 0 Å². The summed E-state index contributed by atoms with van der Waals surface area (Å²) in [4.78, 5) is 10.6. The third-order valence-corrected chi connectivity index (χ3v) is 3.30. The van der Waals surface area contributed by atoms with Gasteiger partial charge in [-0.25, -0.2) is 4.79 Å². The number of hydrogen-bond donors (Lipinski definition) is 3. The number of piperidine rings is 1. The first-order valence-corrected chi connectivity index (χ1v) is 5.90. The molecule has 4 nitrogen and oxygen atoms in total. The summed E-state index contributed by atoms with van der Waals surface area (Å²) in [6.45, 7) is 2.06. The maximum absolute atomic E-state index is 10.6. The largest absolute Gasteiger partial charge is 0.479 e. The van der Waals surface area contributed by atoms with Crippen LogP contribution in [0.3, 0.4) is 0 Å². The molecule has 92 valence electrons. The lowest BCUT2D eigenvalue weighted by Crippen LogP contribution is -2.26. The van der Waals surface area contributed by atoms with Crippen molar-refractivity contribution in [3.05, 3.63) is 35.4 Å². The predicted molar refractivity (Wildman–Crippen MR) is 63.9 cm³/mol. The van der Waals surface area contributed by atoms with Crippen LogP contribution >= 0.6 is 0 Å². The Bertz CT molecular complexity index is 382. The Morgan fingerprint density at radius 3 is 2.35 bits per heavy atom. The number of carboxylic acids is 1. The van der Waals surface area contributed by atoms with Crippen LogP contribution in [0.4, 0.5) is 0 Å². The molecule has 1 fully saturated rings. The van der Waals surface area contributed by atoms with Crippen molar-refractivity contribution in [2.45, 2.75) is 24.9 Å². The van der Waals surface area contributed by atoms with E-state index in [1.807, 2.05) is 12.1 Å². The molecule has 1 aliphatic rings. The van der Waals surface area contributed by atoms with Crippen molar-refractivity contribution in [1.29, 1.82) is 0 Å². The van der Waals surface area contributed by atoms with Crippen LogP contribution in [0.2, 0.25) is 0 Å². The minimum atomic E-state index is -1.42. The zero-order valence-electron chi connectivity index (χ0n) is 9.60. The van der Waals surface area contributed by atoms with Crippen molar-refractivity contribution in [2.75, 3.05) is 13.1 Å². The van der Waals surface area contributed by atoms with Gasteiger partial charge in [-0.05, 0) is 43.0 Å². The number of nitrogens with one attached hydrogen (secondary N) is 1. The van der Waals surface area contributed by atoms with Crippen LogP contribution in [0.15, 0.2) is 24.3 Å². The van der Waals surface area contributed by atoms with Crippen molar-refractivity contribution in [3.63, 3.8) is 0 Å². The molecule has 0 bridgehead atoms. The van der Waals surface area contributed by atoms with Gasteiger partial charge in [0.15, 0.2) is 6.10 Å². The van der Waals surface area contributed by atoms with Crippen LogP contribution in [0, 0.1) is 0 Å². The topological polar surface area (TPSA) is 69.6 Å². The average Bonchev–Trinajstić information content (AvgIpc) is 2.39. The lowest BCUT2D eigenvalue weighted by Gasteiger charge is -2.23. The molecule has 0 aromatic heterocycles. The van der Waals surface area contributed by atoms with E-state index in [0.717, 1.165) is 25.9 Å². The molecule has 17 heavy (non-hydrogen) atoms. The molecule has 0 radical (unpaired) electrons. The molecule has 0 amide bonds. The van der Waals surface area contributed by atoms with Crippen molar-refractivity contribution >= 4 is 5.97 Å². The van der Waals surface area contributed by atoms with Gasteiger partial charge in [-0.2, -0.15) is 0 Å². The molecule has 0 aliphatic carbocycles. The zero-order chi connectivity index (χ0) is 12.3. The first kappa shape index (κ1) is 12.1. The second-order valence-electron chi connectivity index (χ2n) is 4.43. The van der Waals surface area contributed by atoms with E-state index in [-0.39, 0.29) is 0 Å². The number of hydrogen-bond acceptors (Lipinski definition) is 3. The van der Waals surface area contributed by atoms with Crippen LogP contribution in [-0.4, -0.2) is 29.3 Å². The van der Waals surface area contributed by atoms with E-state index >= 15 is 0 Å². The van der Waals surface area contributed by atoms with E-state index in [4.69, 9.17) is 5.11 Å². The fourth-order valence-electron chi connectivity index (χ4n) is 2.25. The monoisotopic (exact) mass is 235 g/mol. The lowest BCUT2D eigenvalue weighted by molar-refractivity contribution is -0.146. The van der Waals surface area contributed by atoms with Gasteiger partial charge in [-0.1, -0.05) is 24.3 Å². The standard InChI is InChI=1S/C13H17NO3/c15-12(13(16)17)11-3-1-9(2-4-11)10-5-7-14-8-6-10/h1-4,10,12,14-15H,5-8H2,(H,16,17). The van der Waals surface area contributed by atoms with Gasteiger partial charge in [0.25, 0.3) is 0 Å². The quantitative estimate of drug-likeness (QED) is 0.738.